The molecule has 0 bridgehead atoms. The monoisotopic (exact) mass is 321 g/mol. The van der Waals surface area contributed by atoms with Crippen molar-refractivity contribution in [3.05, 3.63) is 59.7 Å². The van der Waals surface area contributed by atoms with Crippen LogP contribution in [0.25, 0.3) is 6.08 Å². The molecule has 0 amide bonds. The van der Waals surface area contributed by atoms with Crippen LogP contribution in [-0.2, 0) is 5.41 Å². The number of para-hydroxylation sites is 2. The Morgan fingerprint density at radius 1 is 1.08 bits per heavy atom. The Labute approximate surface area is 143 Å². The van der Waals surface area contributed by atoms with Gasteiger partial charge in [-0.1, -0.05) is 30.3 Å². The van der Waals surface area contributed by atoms with E-state index in [-0.39, 0.29) is 5.41 Å². The number of benzene rings is 2. The first-order valence-electron chi connectivity index (χ1n) is 8.48. The fraction of sp³-hybridized carbons (Fsp3) is 0.333. The highest BCUT2D eigenvalue weighted by Gasteiger charge is 2.57. The Hall–Kier alpha value is -2.42. The van der Waals surface area contributed by atoms with Gasteiger partial charge in [-0.25, -0.2) is 0 Å². The third-order valence-electron chi connectivity index (χ3n) is 5.39. The number of ether oxygens (including phenoxy) is 2. The van der Waals surface area contributed by atoms with Crippen molar-refractivity contribution in [2.75, 3.05) is 18.6 Å². The molecule has 24 heavy (non-hydrogen) atoms. The highest BCUT2D eigenvalue weighted by atomic mass is 16.5. The van der Waals surface area contributed by atoms with E-state index >= 15 is 0 Å². The van der Waals surface area contributed by atoms with Crippen molar-refractivity contribution >= 4 is 11.8 Å². The Balaban J connectivity index is 1.88. The van der Waals surface area contributed by atoms with E-state index < -0.39 is 5.72 Å². The van der Waals surface area contributed by atoms with Gasteiger partial charge in [0.1, 0.15) is 0 Å². The van der Waals surface area contributed by atoms with E-state index in [4.69, 9.17) is 9.47 Å². The van der Waals surface area contributed by atoms with Crippen LogP contribution < -0.4 is 14.4 Å². The second-order valence-corrected chi connectivity index (χ2v) is 6.94. The standard InChI is InChI=1S/C21H23NO2/c1-5-23-18-12-8-9-15-13-14-21(24-19(15)18)20(2,3)16-10-6-7-11-17(16)22(21)4/h6-14H,5H2,1-4H3. The molecule has 0 N–H and O–H groups in total. The Kier molecular flexibility index (Phi) is 3.17. The summed E-state index contributed by atoms with van der Waals surface area (Å²) in [4.78, 5) is 2.24. The number of hydrogen-bond acceptors (Lipinski definition) is 3. The third kappa shape index (κ3) is 1.78. The molecule has 0 saturated carbocycles. The van der Waals surface area contributed by atoms with Crippen molar-refractivity contribution in [3.8, 4) is 11.5 Å². The molecule has 2 aliphatic rings. The molecule has 4 rings (SSSR count). The van der Waals surface area contributed by atoms with Gasteiger partial charge in [-0.05, 0) is 50.6 Å². The van der Waals surface area contributed by atoms with E-state index in [2.05, 4.69) is 68.3 Å². The van der Waals surface area contributed by atoms with Crippen molar-refractivity contribution in [1.82, 2.24) is 0 Å². The largest absolute Gasteiger partial charge is 0.490 e. The molecular weight excluding hydrogens is 298 g/mol. The molecule has 2 aromatic carbocycles. The first-order valence-corrected chi connectivity index (χ1v) is 8.48. The minimum Gasteiger partial charge on any atom is -0.490 e. The number of rotatable bonds is 2. The normalized spacial score (nSPS) is 22.9. The smallest absolute Gasteiger partial charge is 0.212 e. The Morgan fingerprint density at radius 2 is 1.88 bits per heavy atom. The van der Waals surface area contributed by atoms with Gasteiger partial charge in [0.2, 0.25) is 5.72 Å². The predicted molar refractivity (Wildman–Crippen MR) is 97.9 cm³/mol. The van der Waals surface area contributed by atoms with Crippen LogP contribution in [0.15, 0.2) is 48.5 Å². The second kappa shape index (κ2) is 5.04. The molecule has 124 valence electrons. The molecular formula is C21H23NO2. The van der Waals surface area contributed by atoms with E-state index in [1.807, 2.05) is 19.1 Å². The van der Waals surface area contributed by atoms with Gasteiger partial charge in [-0.3, -0.25) is 0 Å². The average Bonchev–Trinajstić information content (AvgIpc) is 2.75. The zero-order valence-electron chi connectivity index (χ0n) is 14.7. The summed E-state index contributed by atoms with van der Waals surface area (Å²) in [6, 6.07) is 14.6. The van der Waals surface area contributed by atoms with Crippen LogP contribution in [-0.4, -0.2) is 19.4 Å². The number of nitrogens with zero attached hydrogens (tertiary/aromatic N) is 1. The first kappa shape index (κ1) is 15.1. The molecule has 2 aliphatic heterocycles. The number of hydrogen-bond donors (Lipinski definition) is 0. The lowest BCUT2D eigenvalue weighted by molar-refractivity contribution is 0.0545. The molecule has 1 unspecified atom stereocenters. The van der Waals surface area contributed by atoms with Crippen LogP contribution in [0.4, 0.5) is 5.69 Å². The summed E-state index contributed by atoms with van der Waals surface area (Å²) in [6.45, 7) is 7.10. The van der Waals surface area contributed by atoms with E-state index in [9.17, 15) is 0 Å². The maximum atomic E-state index is 6.69. The topological polar surface area (TPSA) is 21.7 Å². The average molecular weight is 321 g/mol. The molecule has 3 heteroatoms. The lowest BCUT2D eigenvalue weighted by Crippen LogP contribution is -2.58. The van der Waals surface area contributed by atoms with E-state index in [1.165, 1.54) is 11.3 Å². The molecule has 2 aromatic rings. The van der Waals surface area contributed by atoms with Crippen molar-refractivity contribution in [2.45, 2.75) is 31.9 Å². The summed E-state index contributed by atoms with van der Waals surface area (Å²) in [6.07, 6.45) is 4.34. The third-order valence-corrected chi connectivity index (χ3v) is 5.39. The lowest BCUT2D eigenvalue weighted by Gasteiger charge is -2.46. The van der Waals surface area contributed by atoms with Gasteiger partial charge < -0.3 is 14.4 Å². The minimum atomic E-state index is -0.559. The van der Waals surface area contributed by atoms with E-state index in [0.29, 0.717) is 6.61 Å². The van der Waals surface area contributed by atoms with Crippen LogP contribution in [0, 0.1) is 0 Å². The molecule has 0 fully saturated rings. The van der Waals surface area contributed by atoms with Gasteiger partial charge in [0, 0.05) is 18.3 Å². The van der Waals surface area contributed by atoms with E-state index in [0.717, 1.165) is 17.1 Å². The van der Waals surface area contributed by atoms with Crippen LogP contribution in [0.2, 0.25) is 0 Å². The van der Waals surface area contributed by atoms with Crippen molar-refractivity contribution in [2.24, 2.45) is 0 Å². The number of fused-ring (bicyclic) bond motifs is 2. The molecule has 2 heterocycles. The molecule has 0 radical (unpaired) electrons. The first-order chi connectivity index (χ1) is 11.5. The Bertz CT molecular complexity index is 824. The summed E-state index contributed by atoms with van der Waals surface area (Å²) in [5.41, 5.74) is 2.83. The molecule has 0 aliphatic carbocycles. The minimum absolute atomic E-state index is 0.189. The van der Waals surface area contributed by atoms with Gasteiger partial charge in [-0.15, -0.1) is 0 Å². The SMILES string of the molecule is CCOc1cccc2c1OC1(C=C2)N(C)c2ccccc2C1(C)C. The zero-order valence-corrected chi connectivity index (χ0v) is 14.7. The lowest BCUT2D eigenvalue weighted by atomic mass is 9.76. The van der Waals surface area contributed by atoms with Crippen LogP contribution in [0.3, 0.4) is 0 Å². The summed E-state index contributed by atoms with van der Waals surface area (Å²) in [5, 5.41) is 0. The summed E-state index contributed by atoms with van der Waals surface area (Å²) < 4.78 is 12.5. The maximum Gasteiger partial charge on any atom is 0.212 e. The highest BCUT2D eigenvalue weighted by Crippen LogP contribution is 2.55. The maximum absolute atomic E-state index is 6.69. The highest BCUT2D eigenvalue weighted by molar-refractivity contribution is 5.73. The van der Waals surface area contributed by atoms with Gasteiger partial charge in [0.15, 0.2) is 11.5 Å². The number of anilines is 1. The molecule has 1 spiro atoms. The fourth-order valence-electron chi connectivity index (χ4n) is 4.04. The van der Waals surface area contributed by atoms with Crippen LogP contribution >= 0.6 is 0 Å². The molecule has 0 saturated heterocycles. The van der Waals surface area contributed by atoms with Crippen molar-refractivity contribution in [3.63, 3.8) is 0 Å². The summed E-state index contributed by atoms with van der Waals surface area (Å²) >= 11 is 0. The van der Waals surface area contributed by atoms with Crippen molar-refractivity contribution < 1.29 is 9.47 Å². The summed E-state index contributed by atoms with van der Waals surface area (Å²) in [5.74, 6) is 1.63. The fourth-order valence-corrected chi connectivity index (χ4v) is 4.04. The molecule has 3 nitrogen and oxygen atoms in total. The quantitative estimate of drug-likeness (QED) is 0.806. The van der Waals surface area contributed by atoms with Gasteiger partial charge in [0.25, 0.3) is 0 Å². The van der Waals surface area contributed by atoms with Crippen LogP contribution in [0.1, 0.15) is 31.9 Å². The predicted octanol–water partition coefficient (Wildman–Crippen LogP) is 4.61. The van der Waals surface area contributed by atoms with Gasteiger partial charge in [0.05, 0.1) is 12.0 Å². The number of likely N-dealkylation sites (N-methyl/N-ethyl adjacent to an activating group) is 1. The van der Waals surface area contributed by atoms with Crippen LogP contribution in [0.5, 0.6) is 11.5 Å². The van der Waals surface area contributed by atoms with Crippen molar-refractivity contribution in [1.29, 1.82) is 0 Å². The van der Waals surface area contributed by atoms with Gasteiger partial charge in [-0.2, -0.15) is 0 Å². The van der Waals surface area contributed by atoms with E-state index in [1.54, 1.807) is 0 Å². The summed E-state index contributed by atoms with van der Waals surface area (Å²) in [7, 11) is 2.10. The van der Waals surface area contributed by atoms with Gasteiger partial charge >= 0.3 is 0 Å². The Morgan fingerprint density at radius 3 is 2.62 bits per heavy atom. The zero-order chi connectivity index (χ0) is 16.9. The molecule has 0 aromatic heterocycles. The molecule has 1 atom stereocenters. The second-order valence-electron chi connectivity index (χ2n) is 6.94.